The molecule has 0 spiro atoms. The molecule has 0 aliphatic carbocycles. The summed E-state index contributed by atoms with van der Waals surface area (Å²) >= 11 is 0. The standard InChI is InChI=1S/C4H13N2O3P.Co/c1-2-3-4-8-10(6,7)9-5;/h2-5H2,1H3,(H2,6,7);. The Balaban J connectivity index is 0. The molecule has 71 valence electrons. The van der Waals surface area contributed by atoms with Gasteiger partial charge in [0.25, 0.3) is 0 Å². The summed E-state index contributed by atoms with van der Waals surface area (Å²) < 4.78 is 19.2. The fraction of sp³-hybridized carbons (Fsp3) is 1.00. The van der Waals surface area contributed by atoms with E-state index in [4.69, 9.17) is 5.50 Å². The Morgan fingerprint density at radius 2 is 2.09 bits per heavy atom. The number of hydrogen-bond acceptors (Lipinski definition) is 4. The first-order valence-corrected chi connectivity index (χ1v) is 4.65. The van der Waals surface area contributed by atoms with Gasteiger partial charge in [-0.25, -0.2) is 20.6 Å². The van der Waals surface area contributed by atoms with Crippen molar-refractivity contribution < 1.29 is 30.5 Å². The second kappa shape index (κ2) is 7.24. The van der Waals surface area contributed by atoms with Gasteiger partial charge in [0.1, 0.15) is 0 Å². The molecular weight excluding hydrogens is 214 g/mol. The normalized spacial score (nSPS) is 15.2. The molecule has 0 rings (SSSR count). The van der Waals surface area contributed by atoms with Gasteiger partial charge >= 0.3 is 7.75 Å². The van der Waals surface area contributed by atoms with Gasteiger partial charge in [-0.05, 0) is 6.42 Å². The quantitative estimate of drug-likeness (QED) is 0.411. The van der Waals surface area contributed by atoms with Gasteiger partial charge in [-0.3, -0.25) is 4.52 Å². The Morgan fingerprint density at radius 1 is 1.55 bits per heavy atom. The van der Waals surface area contributed by atoms with Crippen molar-refractivity contribution in [3.05, 3.63) is 0 Å². The summed E-state index contributed by atoms with van der Waals surface area (Å²) in [5.41, 5.74) is 4.94. The van der Waals surface area contributed by atoms with Gasteiger partial charge in [-0.1, -0.05) is 13.3 Å². The molecule has 0 aromatic carbocycles. The van der Waals surface area contributed by atoms with Gasteiger partial charge in [0.2, 0.25) is 0 Å². The van der Waals surface area contributed by atoms with Crippen LogP contribution in [0.4, 0.5) is 0 Å². The van der Waals surface area contributed by atoms with Crippen molar-refractivity contribution in [3.8, 4) is 0 Å². The Kier molecular flexibility index (Phi) is 9.29. The Bertz CT molecular complexity index is 135. The monoisotopic (exact) mass is 227 g/mol. The molecular formula is C4H13CoN2O3P. The molecule has 0 heterocycles. The molecule has 0 fully saturated rings. The zero-order valence-corrected chi connectivity index (χ0v) is 8.22. The number of nitrogens with two attached hydrogens (primary N) is 2. The summed E-state index contributed by atoms with van der Waals surface area (Å²) in [6.45, 7) is 2.30. The van der Waals surface area contributed by atoms with Crippen LogP contribution in [0.2, 0.25) is 0 Å². The van der Waals surface area contributed by atoms with Gasteiger partial charge in [0, 0.05) is 16.8 Å². The molecule has 11 heavy (non-hydrogen) atoms. The van der Waals surface area contributed by atoms with E-state index in [1.165, 1.54) is 0 Å². The maximum absolute atomic E-state index is 10.7. The van der Waals surface area contributed by atoms with Crippen molar-refractivity contribution >= 4 is 7.75 Å². The second-order valence-corrected chi connectivity index (χ2v) is 3.38. The number of hydrogen-bond donors (Lipinski definition) is 2. The molecule has 5 nitrogen and oxygen atoms in total. The first kappa shape index (κ1) is 14.1. The summed E-state index contributed by atoms with van der Waals surface area (Å²) in [4.78, 5) is 0. The van der Waals surface area contributed by atoms with E-state index in [1.54, 1.807) is 0 Å². The zero-order chi connectivity index (χ0) is 8.04. The second-order valence-electron chi connectivity index (χ2n) is 1.83. The SMILES string of the molecule is CCCCOP(N)(=O)ON.[Co]. The van der Waals surface area contributed by atoms with E-state index in [9.17, 15) is 4.57 Å². The summed E-state index contributed by atoms with van der Waals surface area (Å²) in [5, 5.41) is 0. The molecule has 0 saturated carbocycles. The zero-order valence-electron chi connectivity index (χ0n) is 6.28. The minimum Gasteiger partial charge on any atom is -0.296 e. The molecule has 0 aromatic rings. The van der Waals surface area contributed by atoms with Gasteiger partial charge in [-0.15, -0.1) is 0 Å². The first-order chi connectivity index (χ1) is 4.62. The molecule has 0 saturated heterocycles. The van der Waals surface area contributed by atoms with Crippen LogP contribution in [-0.2, 0) is 30.5 Å². The average molecular weight is 227 g/mol. The van der Waals surface area contributed by atoms with Crippen LogP contribution in [0.3, 0.4) is 0 Å². The molecule has 7 heteroatoms. The van der Waals surface area contributed by atoms with Crippen molar-refractivity contribution in [1.29, 1.82) is 0 Å². The maximum atomic E-state index is 10.7. The van der Waals surface area contributed by atoms with E-state index in [0.717, 1.165) is 12.8 Å². The van der Waals surface area contributed by atoms with Crippen molar-refractivity contribution in [2.24, 2.45) is 11.4 Å². The first-order valence-electron chi connectivity index (χ1n) is 3.04. The molecule has 0 aromatic heterocycles. The van der Waals surface area contributed by atoms with E-state index >= 15 is 0 Å². The molecule has 4 N–H and O–H groups in total. The van der Waals surface area contributed by atoms with Crippen LogP contribution in [0.5, 0.6) is 0 Å². The molecule has 0 bridgehead atoms. The third-order valence-electron chi connectivity index (χ3n) is 0.916. The molecule has 1 radical (unpaired) electrons. The van der Waals surface area contributed by atoms with Crippen LogP contribution in [0, 0.1) is 0 Å². The summed E-state index contributed by atoms with van der Waals surface area (Å²) in [6.07, 6.45) is 1.75. The van der Waals surface area contributed by atoms with E-state index in [1.807, 2.05) is 6.92 Å². The predicted octanol–water partition coefficient (Wildman–Crippen LogP) is 0.758. The minimum atomic E-state index is -3.43. The van der Waals surface area contributed by atoms with Crippen LogP contribution >= 0.6 is 7.75 Å². The Labute approximate surface area is 76.5 Å². The van der Waals surface area contributed by atoms with E-state index < -0.39 is 7.75 Å². The van der Waals surface area contributed by atoms with Gasteiger partial charge in [-0.2, -0.15) is 0 Å². The number of unbranched alkanes of at least 4 members (excludes halogenated alkanes) is 1. The van der Waals surface area contributed by atoms with Crippen LogP contribution in [-0.4, -0.2) is 6.61 Å². The molecule has 0 amide bonds. The summed E-state index contributed by atoms with van der Waals surface area (Å²) in [7, 11) is -3.43. The average Bonchev–Trinajstić information content (AvgIpc) is 1.89. The third kappa shape index (κ3) is 8.48. The molecule has 1 atom stereocenters. The van der Waals surface area contributed by atoms with Crippen molar-refractivity contribution in [1.82, 2.24) is 0 Å². The van der Waals surface area contributed by atoms with E-state index in [2.05, 4.69) is 15.0 Å². The maximum Gasteiger partial charge on any atom is 0.419 e. The van der Waals surface area contributed by atoms with Crippen LogP contribution in [0.1, 0.15) is 19.8 Å². The predicted molar refractivity (Wildman–Crippen MR) is 37.9 cm³/mol. The Morgan fingerprint density at radius 3 is 2.45 bits per heavy atom. The Hall–Kier alpha value is 0.576. The largest absolute Gasteiger partial charge is 0.419 e. The number of rotatable bonds is 5. The fourth-order valence-electron chi connectivity index (χ4n) is 0.367. The van der Waals surface area contributed by atoms with Crippen LogP contribution in [0.15, 0.2) is 0 Å². The smallest absolute Gasteiger partial charge is 0.296 e. The van der Waals surface area contributed by atoms with Gasteiger partial charge in [0.15, 0.2) is 0 Å². The fourth-order valence-corrected chi connectivity index (χ4v) is 0.811. The van der Waals surface area contributed by atoms with Crippen LogP contribution in [0.25, 0.3) is 0 Å². The third-order valence-corrected chi connectivity index (χ3v) is 1.75. The molecule has 0 aliphatic rings. The summed E-state index contributed by atoms with van der Waals surface area (Å²) in [5.74, 6) is 4.58. The van der Waals surface area contributed by atoms with Crippen molar-refractivity contribution in [2.75, 3.05) is 6.61 Å². The van der Waals surface area contributed by atoms with Crippen molar-refractivity contribution in [3.63, 3.8) is 0 Å². The van der Waals surface area contributed by atoms with E-state index in [-0.39, 0.29) is 16.8 Å². The minimum absolute atomic E-state index is 0. The van der Waals surface area contributed by atoms with E-state index in [0.29, 0.717) is 6.61 Å². The van der Waals surface area contributed by atoms with Crippen molar-refractivity contribution in [2.45, 2.75) is 19.8 Å². The van der Waals surface area contributed by atoms with Gasteiger partial charge in [0.05, 0.1) is 6.61 Å². The molecule has 1 unspecified atom stereocenters. The van der Waals surface area contributed by atoms with Gasteiger partial charge < -0.3 is 0 Å². The topological polar surface area (TPSA) is 87.6 Å². The molecule has 0 aliphatic heterocycles. The summed E-state index contributed by atoms with van der Waals surface area (Å²) in [6, 6.07) is 0. The van der Waals surface area contributed by atoms with Crippen LogP contribution < -0.4 is 11.4 Å².